The van der Waals surface area contributed by atoms with Crippen LogP contribution in [0.4, 0.5) is 0 Å². The molecule has 28 heavy (non-hydrogen) atoms. The van der Waals surface area contributed by atoms with Crippen LogP contribution >= 0.6 is 0 Å². The fourth-order valence-corrected chi connectivity index (χ4v) is 3.57. The third-order valence-corrected chi connectivity index (χ3v) is 4.92. The van der Waals surface area contributed by atoms with E-state index in [4.69, 9.17) is 9.47 Å². The number of carbonyl (C=O) groups is 1. The number of hydrogen-bond donors (Lipinski definition) is 0. The number of hydrogen-bond acceptors (Lipinski definition) is 4. The Hall–Kier alpha value is -2.98. The van der Waals surface area contributed by atoms with Gasteiger partial charge in [0.1, 0.15) is 11.4 Å². The number of para-hydroxylation sites is 1. The van der Waals surface area contributed by atoms with Crippen LogP contribution in [0, 0.1) is 13.8 Å². The highest BCUT2D eigenvalue weighted by atomic mass is 16.5. The summed E-state index contributed by atoms with van der Waals surface area (Å²) in [5.74, 6) is 0.761. The Bertz CT molecular complexity index is 1020. The van der Waals surface area contributed by atoms with E-state index in [1.54, 1.807) is 27.3 Å². The van der Waals surface area contributed by atoms with Crippen molar-refractivity contribution in [3.05, 3.63) is 71.0 Å². The van der Waals surface area contributed by atoms with E-state index in [1.807, 2.05) is 31.2 Å². The van der Waals surface area contributed by atoms with Crippen molar-refractivity contribution in [2.24, 2.45) is 0 Å². The fourth-order valence-electron chi connectivity index (χ4n) is 3.57. The van der Waals surface area contributed by atoms with Gasteiger partial charge in [0, 0.05) is 31.4 Å². The van der Waals surface area contributed by atoms with Gasteiger partial charge in [-0.2, -0.15) is 0 Å². The molecular formula is C24H25NO3. The smallest absolute Gasteiger partial charge is 0.178 e. The van der Waals surface area contributed by atoms with Gasteiger partial charge in [0.2, 0.25) is 0 Å². The van der Waals surface area contributed by atoms with Gasteiger partial charge in [-0.3, -0.25) is 9.78 Å². The van der Waals surface area contributed by atoms with E-state index in [9.17, 15) is 4.79 Å². The topological polar surface area (TPSA) is 48.4 Å². The van der Waals surface area contributed by atoms with E-state index < -0.39 is 0 Å². The molecule has 0 unspecified atom stereocenters. The maximum atomic E-state index is 12.2. The number of pyridine rings is 1. The number of nitrogens with zero attached hydrogens (tertiary/aromatic N) is 1. The number of methoxy groups -OCH3 is 2. The second kappa shape index (κ2) is 8.36. The molecule has 3 aromatic rings. The van der Waals surface area contributed by atoms with Crippen molar-refractivity contribution in [2.75, 3.05) is 14.2 Å². The third kappa shape index (κ3) is 3.69. The molecule has 2 aromatic carbocycles. The molecule has 0 spiro atoms. The molecule has 144 valence electrons. The lowest BCUT2D eigenvalue weighted by atomic mass is 9.89. The Kier molecular flexibility index (Phi) is 5.90. The van der Waals surface area contributed by atoms with Crippen LogP contribution in [0.1, 0.15) is 34.1 Å². The van der Waals surface area contributed by atoms with Crippen LogP contribution in [0.5, 0.6) is 5.75 Å². The summed E-state index contributed by atoms with van der Waals surface area (Å²) in [6, 6.07) is 14.3. The molecule has 0 atom stereocenters. The number of ketones is 1. The normalized spacial score (nSPS) is 10.8. The van der Waals surface area contributed by atoms with Gasteiger partial charge in [-0.1, -0.05) is 30.3 Å². The molecule has 0 fully saturated rings. The Morgan fingerprint density at radius 1 is 1.00 bits per heavy atom. The van der Waals surface area contributed by atoms with Crippen molar-refractivity contribution in [1.29, 1.82) is 0 Å². The molecule has 0 N–H and O–H groups in total. The minimum absolute atomic E-state index is 0.0631. The van der Waals surface area contributed by atoms with Crippen LogP contribution in [-0.4, -0.2) is 25.0 Å². The Morgan fingerprint density at radius 3 is 2.43 bits per heavy atom. The summed E-state index contributed by atoms with van der Waals surface area (Å²) in [6.45, 7) is 5.96. The monoisotopic (exact) mass is 375 g/mol. The SMILES string of the molecule is COCc1c(C(C)=O)ncc(C)c1-c1cc(-c2ccccc2OC)ccc1C. The molecule has 4 heteroatoms. The number of aryl methyl sites for hydroxylation is 2. The first-order chi connectivity index (χ1) is 13.5. The van der Waals surface area contributed by atoms with Gasteiger partial charge in [0.25, 0.3) is 0 Å². The maximum Gasteiger partial charge on any atom is 0.178 e. The third-order valence-electron chi connectivity index (χ3n) is 4.92. The lowest BCUT2D eigenvalue weighted by molar-refractivity contribution is 0.100. The van der Waals surface area contributed by atoms with E-state index in [2.05, 4.69) is 30.1 Å². The summed E-state index contributed by atoms with van der Waals surface area (Å²) >= 11 is 0. The summed E-state index contributed by atoms with van der Waals surface area (Å²) in [5.41, 5.74) is 7.59. The standard InChI is InChI=1S/C24H25NO3/c1-15-10-11-18(19-8-6-7-9-22(19)28-5)12-20(15)23-16(2)13-25-24(17(3)26)21(23)14-27-4/h6-13H,14H2,1-5H3. The van der Waals surface area contributed by atoms with Crippen LogP contribution in [-0.2, 0) is 11.3 Å². The van der Waals surface area contributed by atoms with Crippen molar-refractivity contribution in [3.8, 4) is 28.0 Å². The summed E-state index contributed by atoms with van der Waals surface area (Å²) in [5, 5.41) is 0. The lowest BCUT2D eigenvalue weighted by Crippen LogP contribution is -2.08. The predicted octanol–water partition coefficient (Wildman–Crippen LogP) is 5.39. The summed E-state index contributed by atoms with van der Waals surface area (Å²) < 4.78 is 11.0. The van der Waals surface area contributed by atoms with Crippen molar-refractivity contribution in [2.45, 2.75) is 27.4 Å². The average Bonchev–Trinajstić information content (AvgIpc) is 2.69. The Balaban J connectivity index is 2.28. The first-order valence-corrected chi connectivity index (χ1v) is 9.20. The molecular weight excluding hydrogens is 350 g/mol. The average molecular weight is 375 g/mol. The number of aromatic nitrogens is 1. The van der Waals surface area contributed by atoms with E-state index in [-0.39, 0.29) is 5.78 Å². The number of ether oxygens (including phenoxy) is 2. The second-order valence-electron chi connectivity index (χ2n) is 6.86. The molecule has 0 amide bonds. The number of benzene rings is 2. The Morgan fingerprint density at radius 2 is 1.75 bits per heavy atom. The zero-order valence-corrected chi connectivity index (χ0v) is 17.0. The van der Waals surface area contributed by atoms with Gasteiger partial charge >= 0.3 is 0 Å². The molecule has 0 aliphatic rings. The summed E-state index contributed by atoms with van der Waals surface area (Å²) in [4.78, 5) is 16.5. The van der Waals surface area contributed by atoms with Crippen LogP contribution < -0.4 is 4.74 Å². The number of Topliss-reactive ketones (excluding diaryl/α,β-unsaturated/α-hetero) is 1. The van der Waals surface area contributed by atoms with Gasteiger partial charge in [0.05, 0.1) is 13.7 Å². The highest BCUT2D eigenvalue weighted by Gasteiger charge is 2.19. The lowest BCUT2D eigenvalue weighted by Gasteiger charge is -2.18. The van der Waals surface area contributed by atoms with E-state index in [0.717, 1.165) is 44.7 Å². The molecule has 3 rings (SSSR count). The molecule has 1 aromatic heterocycles. The van der Waals surface area contributed by atoms with Gasteiger partial charge in [-0.15, -0.1) is 0 Å². The predicted molar refractivity (Wildman–Crippen MR) is 112 cm³/mol. The van der Waals surface area contributed by atoms with Gasteiger partial charge < -0.3 is 9.47 Å². The van der Waals surface area contributed by atoms with Crippen LogP contribution in [0.25, 0.3) is 22.3 Å². The highest BCUT2D eigenvalue weighted by molar-refractivity contribution is 5.96. The minimum atomic E-state index is -0.0631. The zero-order valence-electron chi connectivity index (χ0n) is 17.0. The molecule has 1 heterocycles. The first kappa shape index (κ1) is 19.8. The van der Waals surface area contributed by atoms with Gasteiger partial charge in [-0.05, 0) is 53.8 Å². The zero-order chi connectivity index (χ0) is 20.3. The van der Waals surface area contributed by atoms with Crippen LogP contribution in [0.15, 0.2) is 48.7 Å². The van der Waals surface area contributed by atoms with Crippen molar-refractivity contribution in [1.82, 2.24) is 4.98 Å². The summed E-state index contributed by atoms with van der Waals surface area (Å²) in [7, 11) is 3.31. The largest absolute Gasteiger partial charge is 0.496 e. The molecule has 0 saturated heterocycles. The number of carbonyl (C=O) groups excluding carboxylic acids is 1. The van der Waals surface area contributed by atoms with Crippen molar-refractivity contribution >= 4 is 5.78 Å². The fraction of sp³-hybridized carbons (Fsp3) is 0.250. The van der Waals surface area contributed by atoms with Gasteiger partial charge in [-0.25, -0.2) is 0 Å². The van der Waals surface area contributed by atoms with Crippen molar-refractivity contribution < 1.29 is 14.3 Å². The number of rotatable bonds is 6. The van der Waals surface area contributed by atoms with E-state index in [0.29, 0.717) is 12.3 Å². The van der Waals surface area contributed by atoms with Crippen LogP contribution in [0.3, 0.4) is 0 Å². The first-order valence-electron chi connectivity index (χ1n) is 9.20. The van der Waals surface area contributed by atoms with E-state index >= 15 is 0 Å². The maximum absolute atomic E-state index is 12.2. The summed E-state index contributed by atoms with van der Waals surface area (Å²) in [6.07, 6.45) is 1.76. The van der Waals surface area contributed by atoms with E-state index in [1.165, 1.54) is 0 Å². The molecule has 0 saturated carbocycles. The second-order valence-corrected chi connectivity index (χ2v) is 6.86. The Labute approximate surface area is 166 Å². The molecule has 0 aliphatic carbocycles. The van der Waals surface area contributed by atoms with Gasteiger partial charge in [0.15, 0.2) is 5.78 Å². The van der Waals surface area contributed by atoms with Crippen molar-refractivity contribution in [3.63, 3.8) is 0 Å². The quantitative estimate of drug-likeness (QED) is 0.542. The minimum Gasteiger partial charge on any atom is -0.496 e. The van der Waals surface area contributed by atoms with Crippen LogP contribution in [0.2, 0.25) is 0 Å². The molecule has 4 nitrogen and oxygen atoms in total. The molecule has 0 bridgehead atoms. The molecule has 0 radical (unpaired) electrons. The molecule has 0 aliphatic heterocycles. The highest BCUT2D eigenvalue weighted by Crippen LogP contribution is 2.37.